The molecule has 0 heterocycles. The lowest BCUT2D eigenvalue weighted by molar-refractivity contribution is -0.263. The Morgan fingerprint density at radius 2 is 1.71 bits per heavy atom. The fourth-order valence-corrected chi connectivity index (χ4v) is 3.90. The first-order chi connectivity index (χ1) is 7.60. The van der Waals surface area contributed by atoms with Gasteiger partial charge >= 0.3 is 6.18 Å². The van der Waals surface area contributed by atoms with Crippen LogP contribution in [-0.2, 0) is 4.43 Å². The average molecular weight is 269 g/mol. The smallest absolute Gasteiger partial charge is 0.404 e. The van der Waals surface area contributed by atoms with Crippen LogP contribution in [0, 0.1) is 5.92 Å². The molecule has 1 saturated carbocycles. The zero-order chi connectivity index (χ0) is 13.3. The predicted octanol–water partition coefficient (Wildman–Crippen LogP) is 3.29. The molecular weight excluding hydrogens is 247 g/mol. The minimum Gasteiger partial charge on any atom is -0.404 e. The fraction of sp³-hybridized carbons (Fsp3) is 1.00. The van der Waals surface area contributed by atoms with Crippen molar-refractivity contribution in [2.75, 3.05) is 6.54 Å². The van der Waals surface area contributed by atoms with Gasteiger partial charge in [0.25, 0.3) is 0 Å². The summed E-state index contributed by atoms with van der Waals surface area (Å²) in [5, 5.41) is 0. The van der Waals surface area contributed by atoms with Crippen molar-refractivity contribution < 1.29 is 17.6 Å². The van der Waals surface area contributed by atoms with E-state index in [4.69, 9.17) is 10.2 Å². The largest absolute Gasteiger partial charge is 0.416 e. The molecule has 1 rings (SSSR count). The molecule has 0 aliphatic heterocycles. The van der Waals surface area contributed by atoms with Crippen molar-refractivity contribution in [1.29, 1.82) is 0 Å². The highest BCUT2D eigenvalue weighted by molar-refractivity contribution is 6.69. The van der Waals surface area contributed by atoms with Gasteiger partial charge in [-0.3, -0.25) is 0 Å². The third-order valence-corrected chi connectivity index (χ3v) is 4.27. The maximum atomic E-state index is 13.2. The van der Waals surface area contributed by atoms with E-state index in [1.165, 1.54) is 0 Å². The topological polar surface area (TPSA) is 35.2 Å². The highest BCUT2D eigenvalue weighted by Crippen LogP contribution is 2.47. The van der Waals surface area contributed by atoms with Crippen LogP contribution in [0.4, 0.5) is 13.2 Å². The van der Waals surface area contributed by atoms with Crippen molar-refractivity contribution >= 4 is 8.32 Å². The van der Waals surface area contributed by atoms with Gasteiger partial charge in [0.05, 0.1) is 0 Å². The first-order valence-corrected chi connectivity index (χ1v) is 9.47. The van der Waals surface area contributed by atoms with E-state index < -0.39 is 20.1 Å². The Bertz CT molecular complexity index is 254. The van der Waals surface area contributed by atoms with Gasteiger partial charge < -0.3 is 10.2 Å². The Kier molecular flexibility index (Phi) is 4.31. The molecule has 17 heavy (non-hydrogen) atoms. The molecule has 0 spiro atoms. The first kappa shape index (κ1) is 15.0. The summed E-state index contributed by atoms with van der Waals surface area (Å²) in [7, 11) is -2.21. The molecule has 1 aliphatic carbocycles. The van der Waals surface area contributed by atoms with Gasteiger partial charge in [-0.15, -0.1) is 0 Å². The third kappa shape index (κ3) is 3.69. The second-order valence-electron chi connectivity index (χ2n) is 5.89. The van der Waals surface area contributed by atoms with Crippen molar-refractivity contribution in [3.8, 4) is 0 Å². The van der Waals surface area contributed by atoms with Crippen LogP contribution in [0.3, 0.4) is 0 Å². The van der Waals surface area contributed by atoms with Crippen molar-refractivity contribution in [2.45, 2.75) is 57.1 Å². The molecule has 0 aromatic rings. The summed E-state index contributed by atoms with van der Waals surface area (Å²) in [5.41, 5.74) is 3.60. The van der Waals surface area contributed by atoms with Crippen LogP contribution in [0.25, 0.3) is 0 Å². The van der Waals surface area contributed by atoms with E-state index in [0.29, 0.717) is 19.4 Å². The molecule has 1 aliphatic rings. The van der Waals surface area contributed by atoms with Gasteiger partial charge in [-0.05, 0) is 57.8 Å². The lowest BCUT2D eigenvalue weighted by Crippen LogP contribution is -2.55. The molecule has 0 amide bonds. The van der Waals surface area contributed by atoms with Crippen molar-refractivity contribution in [2.24, 2.45) is 11.7 Å². The number of nitrogens with two attached hydrogens (primary N) is 1. The van der Waals surface area contributed by atoms with Gasteiger partial charge in [0, 0.05) is 0 Å². The Morgan fingerprint density at radius 3 is 2.00 bits per heavy atom. The van der Waals surface area contributed by atoms with Crippen molar-refractivity contribution in [3.63, 3.8) is 0 Å². The summed E-state index contributed by atoms with van der Waals surface area (Å²) >= 11 is 0. The van der Waals surface area contributed by atoms with Gasteiger partial charge in [-0.25, -0.2) is 0 Å². The maximum absolute atomic E-state index is 13.2. The van der Waals surface area contributed by atoms with E-state index in [0.717, 1.165) is 0 Å². The molecule has 0 aromatic heterocycles. The van der Waals surface area contributed by atoms with E-state index in [1.54, 1.807) is 19.6 Å². The number of hydrogen-bond donors (Lipinski definition) is 1. The molecule has 2 nitrogen and oxygen atoms in total. The van der Waals surface area contributed by atoms with Crippen molar-refractivity contribution in [3.05, 3.63) is 0 Å². The molecule has 0 atom stereocenters. The zero-order valence-electron chi connectivity index (χ0n) is 10.7. The Balaban J connectivity index is 2.83. The fourth-order valence-electron chi connectivity index (χ4n) is 2.41. The number of halogens is 3. The van der Waals surface area contributed by atoms with Gasteiger partial charge in [0.2, 0.25) is 0 Å². The zero-order valence-corrected chi connectivity index (χ0v) is 11.7. The number of rotatable bonds is 3. The molecule has 0 bridgehead atoms. The van der Waals surface area contributed by atoms with Crippen LogP contribution in [0.2, 0.25) is 19.6 Å². The van der Waals surface area contributed by atoms with Crippen LogP contribution in [0.15, 0.2) is 0 Å². The first-order valence-electron chi connectivity index (χ1n) is 6.07. The molecular formula is C11H22F3NOSi. The molecule has 0 radical (unpaired) electrons. The second kappa shape index (κ2) is 4.89. The summed E-state index contributed by atoms with van der Waals surface area (Å²) in [4.78, 5) is 0. The number of hydrogen-bond acceptors (Lipinski definition) is 2. The molecule has 2 N–H and O–H groups in total. The Labute approximate surface area is 102 Å². The average Bonchev–Trinajstić information content (AvgIpc) is 2.14. The molecule has 6 heteroatoms. The van der Waals surface area contributed by atoms with Crippen molar-refractivity contribution in [1.82, 2.24) is 0 Å². The SMILES string of the molecule is C[Si](C)(C)OC1(C(F)(F)F)CCC(CN)CC1. The normalized spacial score (nSPS) is 31.6. The predicted molar refractivity (Wildman–Crippen MR) is 64.2 cm³/mol. The van der Waals surface area contributed by atoms with E-state index >= 15 is 0 Å². The Hall–Kier alpha value is -0.0731. The van der Waals surface area contributed by atoms with Gasteiger partial charge in [0.1, 0.15) is 0 Å². The summed E-state index contributed by atoms with van der Waals surface area (Å²) in [6, 6.07) is 0. The van der Waals surface area contributed by atoms with Crippen LogP contribution < -0.4 is 5.73 Å². The van der Waals surface area contributed by atoms with Gasteiger partial charge in [0.15, 0.2) is 13.9 Å². The van der Waals surface area contributed by atoms with Crippen LogP contribution in [0.5, 0.6) is 0 Å². The molecule has 0 unspecified atom stereocenters. The molecule has 102 valence electrons. The highest BCUT2D eigenvalue weighted by atomic mass is 28.4. The van der Waals surface area contributed by atoms with Gasteiger partial charge in [-0.1, -0.05) is 0 Å². The lowest BCUT2D eigenvalue weighted by Gasteiger charge is -2.44. The minimum absolute atomic E-state index is 0.0582. The third-order valence-electron chi connectivity index (χ3n) is 3.26. The summed E-state index contributed by atoms with van der Waals surface area (Å²) in [6.45, 7) is 5.88. The Morgan fingerprint density at radius 1 is 1.24 bits per heavy atom. The summed E-state index contributed by atoms with van der Waals surface area (Å²) in [6.07, 6.45) is -3.13. The maximum Gasteiger partial charge on any atom is 0.416 e. The van der Waals surface area contributed by atoms with E-state index in [1.807, 2.05) is 0 Å². The summed E-state index contributed by atoms with van der Waals surface area (Å²) < 4.78 is 45.2. The van der Waals surface area contributed by atoms with E-state index in [-0.39, 0.29) is 18.8 Å². The van der Waals surface area contributed by atoms with Crippen LogP contribution in [0.1, 0.15) is 25.7 Å². The van der Waals surface area contributed by atoms with Crippen LogP contribution >= 0.6 is 0 Å². The lowest BCUT2D eigenvalue weighted by atomic mass is 9.78. The monoisotopic (exact) mass is 269 g/mol. The molecule has 0 aromatic carbocycles. The summed E-state index contributed by atoms with van der Waals surface area (Å²) in [5.74, 6) is 0.218. The van der Waals surface area contributed by atoms with Gasteiger partial charge in [-0.2, -0.15) is 13.2 Å². The minimum atomic E-state index is -4.27. The molecule has 0 saturated heterocycles. The van der Waals surface area contributed by atoms with E-state index in [2.05, 4.69) is 0 Å². The van der Waals surface area contributed by atoms with E-state index in [9.17, 15) is 13.2 Å². The standard InChI is InChI=1S/C11H22F3NOSi/c1-17(2,3)16-10(11(12,13)14)6-4-9(8-15)5-7-10/h9H,4-8,15H2,1-3H3. The second-order valence-corrected chi connectivity index (χ2v) is 10.3. The highest BCUT2D eigenvalue weighted by Gasteiger charge is 2.58. The molecule has 1 fully saturated rings. The number of alkyl halides is 3. The van der Waals surface area contributed by atoms with Crippen LogP contribution in [-0.4, -0.2) is 26.6 Å². The quantitative estimate of drug-likeness (QED) is 0.798.